The number of carboxylic acid groups (broad SMARTS) is 1. The fourth-order valence-electron chi connectivity index (χ4n) is 2.27. The number of carboxylic acids is 1. The van der Waals surface area contributed by atoms with Crippen LogP contribution < -0.4 is 0 Å². The van der Waals surface area contributed by atoms with Crippen LogP contribution in [0.5, 0.6) is 0 Å². The number of urea groups is 1. The quantitative estimate of drug-likeness (QED) is 0.757. The third-order valence-corrected chi connectivity index (χ3v) is 3.02. The maximum Gasteiger partial charge on any atom is 0.323 e. The molecule has 1 atom stereocenters. The summed E-state index contributed by atoms with van der Waals surface area (Å²) in [6.45, 7) is 4.54. The molecule has 1 unspecified atom stereocenters. The highest BCUT2D eigenvalue weighted by Crippen LogP contribution is 2.19. The number of amides is 2. The Labute approximate surface area is 107 Å². The number of carbonyl (C=O) groups is 2. The van der Waals surface area contributed by atoms with E-state index in [2.05, 4.69) is 0 Å². The first-order valence-electron chi connectivity index (χ1n) is 6.34. The van der Waals surface area contributed by atoms with Crippen molar-refractivity contribution in [2.75, 3.05) is 26.2 Å². The monoisotopic (exact) mass is 258 g/mol. The number of aliphatic hydroxyl groups excluding tert-OH is 1. The molecule has 1 saturated heterocycles. The van der Waals surface area contributed by atoms with Gasteiger partial charge in [0, 0.05) is 13.1 Å². The Hall–Kier alpha value is -1.30. The number of hydrogen-bond acceptors (Lipinski definition) is 3. The molecular formula is C12H22N2O4. The largest absolute Gasteiger partial charge is 0.480 e. The molecule has 104 valence electrons. The molecule has 2 amide bonds. The lowest BCUT2D eigenvalue weighted by atomic mass is 10.2. The Bertz CT molecular complexity index is 306. The van der Waals surface area contributed by atoms with Crippen molar-refractivity contribution in [3.63, 3.8) is 0 Å². The highest BCUT2D eigenvalue weighted by molar-refractivity contribution is 5.80. The Balaban J connectivity index is 2.71. The fourth-order valence-corrected chi connectivity index (χ4v) is 2.27. The molecule has 0 saturated carbocycles. The molecule has 0 aromatic heterocycles. The SMILES string of the molecule is CC(C)CN(CC(=O)O)C(=O)N1CCCC1CO. The summed E-state index contributed by atoms with van der Waals surface area (Å²) >= 11 is 0. The first-order chi connectivity index (χ1) is 8.45. The zero-order valence-electron chi connectivity index (χ0n) is 11.0. The van der Waals surface area contributed by atoms with Crippen LogP contribution in [0.3, 0.4) is 0 Å². The van der Waals surface area contributed by atoms with E-state index < -0.39 is 5.97 Å². The minimum atomic E-state index is -1.01. The van der Waals surface area contributed by atoms with E-state index in [9.17, 15) is 14.7 Å². The van der Waals surface area contributed by atoms with Gasteiger partial charge >= 0.3 is 12.0 Å². The summed E-state index contributed by atoms with van der Waals surface area (Å²) in [5.74, 6) is -0.799. The number of aliphatic carboxylic acids is 1. The van der Waals surface area contributed by atoms with Crippen LogP contribution in [0.4, 0.5) is 4.79 Å². The normalized spacial score (nSPS) is 19.3. The van der Waals surface area contributed by atoms with E-state index in [4.69, 9.17) is 5.11 Å². The maximum absolute atomic E-state index is 12.3. The third-order valence-electron chi connectivity index (χ3n) is 3.02. The second-order valence-corrected chi connectivity index (χ2v) is 5.12. The molecule has 1 fully saturated rings. The Morgan fingerprint density at radius 3 is 2.61 bits per heavy atom. The van der Waals surface area contributed by atoms with Crippen molar-refractivity contribution in [3.05, 3.63) is 0 Å². The van der Waals surface area contributed by atoms with E-state index in [-0.39, 0.29) is 31.1 Å². The predicted octanol–water partition coefficient (Wildman–Crippen LogP) is 0.606. The van der Waals surface area contributed by atoms with E-state index >= 15 is 0 Å². The first kappa shape index (κ1) is 14.8. The number of rotatable bonds is 5. The van der Waals surface area contributed by atoms with E-state index in [1.54, 1.807) is 4.90 Å². The molecule has 1 heterocycles. The molecule has 0 radical (unpaired) electrons. The van der Waals surface area contributed by atoms with Gasteiger partial charge in [0.25, 0.3) is 0 Å². The molecule has 1 rings (SSSR count). The predicted molar refractivity (Wildman–Crippen MR) is 66.3 cm³/mol. The van der Waals surface area contributed by atoms with Crippen molar-refractivity contribution in [2.24, 2.45) is 5.92 Å². The third kappa shape index (κ3) is 3.87. The second kappa shape index (κ2) is 6.58. The number of hydrogen-bond donors (Lipinski definition) is 2. The van der Waals surface area contributed by atoms with Crippen molar-refractivity contribution in [1.82, 2.24) is 9.80 Å². The summed E-state index contributed by atoms with van der Waals surface area (Å²) in [5.41, 5.74) is 0. The van der Waals surface area contributed by atoms with Crippen molar-refractivity contribution in [1.29, 1.82) is 0 Å². The lowest BCUT2D eigenvalue weighted by Gasteiger charge is -2.31. The molecule has 0 aliphatic carbocycles. The zero-order chi connectivity index (χ0) is 13.7. The van der Waals surface area contributed by atoms with Crippen LogP contribution in [0.25, 0.3) is 0 Å². The van der Waals surface area contributed by atoms with Gasteiger partial charge in [-0.3, -0.25) is 4.79 Å². The van der Waals surface area contributed by atoms with E-state index in [0.717, 1.165) is 12.8 Å². The van der Waals surface area contributed by atoms with Gasteiger partial charge in [-0.2, -0.15) is 0 Å². The molecule has 1 aliphatic heterocycles. The van der Waals surface area contributed by atoms with Gasteiger partial charge in [0.05, 0.1) is 12.6 Å². The summed E-state index contributed by atoms with van der Waals surface area (Å²) in [6.07, 6.45) is 1.64. The van der Waals surface area contributed by atoms with Gasteiger partial charge in [0.1, 0.15) is 6.54 Å². The zero-order valence-corrected chi connectivity index (χ0v) is 11.0. The van der Waals surface area contributed by atoms with Gasteiger partial charge in [-0.25, -0.2) is 4.79 Å². The lowest BCUT2D eigenvalue weighted by Crippen LogP contribution is -2.49. The summed E-state index contributed by atoms with van der Waals surface area (Å²) in [4.78, 5) is 26.0. The Kier molecular flexibility index (Phi) is 5.40. The highest BCUT2D eigenvalue weighted by Gasteiger charge is 2.32. The molecule has 2 N–H and O–H groups in total. The van der Waals surface area contributed by atoms with Crippen LogP contribution in [0.2, 0.25) is 0 Å². The maximum atomic E-state index is 12.3. The van der Waals surface area contributed by atoms with Crippen molar-refractivity contribution in [3.8, 4) is 0 Å². The average molecular weight is 258 g/mol. The van der Waals surface area contributed by atoms with Gasteiger partial charge in [-0.1, -0.05) is 13.8 Å². The number of carbonyl (C=O) groups excluding carboxylic acids is 1. The molecule has 0 aromatic rings. The smallest absolute Gasteiger partial charge is 0.323 e. The van der Waals surface area contributed by atoms with Gasteiger partial charge < -0.3 is 20.0 Å². The molecular weight excluding hydrogens is 236 g/mol. The van der Waals surface area contributed by atoms with E-state index in [1.165, 1.54) is 4.90 Å². The van der Waals surface area contributed by atoms with Gasteiger partial charge in [-0.15, -0.1) is 0 Å². The van der Waals surface area contributed by atoms with E-state index in [0.29, 0.717) is 13.1 Å². The Morgan fingerprint density at radius 1 is 1.44 bits per heavy atom. The number of aliphatic hydroxyl groups is 1. The summed E-state index contributed by atoms with van der Waals surface area (Å²) in [7, 11) is 0. The van der Waals surface area contributed by atoms with Crippen LogP contribution in [-0.4, -0.2) is 64.3 Å². The average Bonchev–Trinajstić information content (AvgIpc) is 2.73. The standard InChI is InChI=1S/C12H22N2O4/c1-9(2)6-13(7-11(16)17)12(18)14-5-3-4-10(14)8-15/h9-10,15H,3-8H2,1-2H3,(H,16,17). The molecule has 1 aliphatic rings. The first-order valence-corrected chi connectivity index (χ1v) is 6.34. The minimum Gasteiger partial charge on any atom is -0.480 e. The van der Waals surface area contributed by atoms with Gasteiger partial charge in [-0.05, 0) is 18.8 Å². The molecule has 0 bridgehead atoms. The molecule has 0 aromatic carbocycles. The van der Waals surface area contributed by atoms with Gasteiger partial charge in [0.15, 0.2) is 0 Å². The van der Waals surface area contributed by atoms with Crippen molar-refractivity contribution in [2.45, 2.75) is 32.7 Å². The van der Waals surface area contributed by atoms with Crippen LogP contribution in [0.1, 0.15) is 26.7 Å². The fraction of sp³-hybridized carbons (Fsp3) is 0.833. The molecule has 0 spiro atoms. The number of nitrogens with zero attached hydrogens (tertiary/aromatic N) is 2. The van der Waals surface area contributed by atoms with Crippen LogP contribution >= 0.6 is 0 Å². The topological polar surface area (TPSA) is 81.1 Å². The van der Waals surface area contributed by atoms with Gasteiger partial charge in [0.2, 0.25) is 0 Å². The second-order valence-electron chi connectivity index (χ2n) is 5.12. The van der Waals surface area contributed by atoms with Crippen molar-refractivity contribution >= 4 is 12.0 Å². The number of likely N-dealkylation sites (tertiary alicyclic amines) is 1. The summed E-state index contributed by atoms with van der Waals surface area (Å²) in [6, 6.07) is -0.441. The lowest BCUT2D eigenvalue weighted by molar-refractivity contribution is -0.137. The van der Waals surface area contributed by atoms with E-state index in [1.807, 2.05) is 13.8 Å². The van der Waals surface area contributed by atoms with Crippen LogP contribution in [-0.2, 0) is 4.79 Å². The minimum absolute atomic E-state index is 0.0612. The van der Waals surface area contributed by atoms with Crippen LogP contribution in [0, 0.1) is 5.92 Å². The molecule has 6 heteroatoms. The summed E-state index contributed by atoms with van der Waals surface area (Å²) in [5, 5.41) is 18.1. The molecule has 6 nitrogen and oxygen atoms in total. The highest BCUT2D eigenvalue weighted by atomic mass is 16.4. The van der Waals surface area contributed by atoms with Crippen LogP contribution in [0.15, 0.2) is 0 Å². The summed E-state index contributed by atoms with van der Waals surface area (Å²) < 4.78 is 0. The Morgan fingerprint density at radius 2 is 2.11 bits per heavy atom. The molecule has 18 heavy (non-hydrogen) atoms. The van der Waals surface area contributed by atoms with Crippen molar-refractivity contribution < 1.29 is 19.8 Å².